The van der Waals surface area contributed by atoms with Crippen LogP contribution >= 0.6 is 0 Å². The fourth-order valence-electron chi connectivity index (χ4n) is 2.24. The van der Waals surface area contributed by atoms with Gasteiger partial charge in [0.15, 0.2) is 0 Å². The van der Waals surface area contributed by atoms with Crippen molar-refractivity contribution < 1.29 is 9.53 Å². The molecule has 2 fully saturated rings. The highest BCUT2D eigenvalue weighted by molar-refractivity contribution is 5.73. The average molecular weight is 154 g/mol. The van der Waals surface area contributed by atoms with E-state index in [0.29, 0.717) is 5.92 Å². The lowest BCUT2D eigenvalue weighted by atomic mass is 9.90. The third kappa shape index (κ3) is 1.15. The predicted octanol–water partition coefficient (Wildman–Crippen LogP) is 1.74. The largest absolute Gasteiger partial charge is 0.462 e. The normalized spacial score (nSPS) is 43.4. The van der Waals surface area contributed by atoms with Gasteiger partial charge in [-0.15, -0.1) is 0 Å². The molecule has 1 aliphatic heterocycles. The average Bonchev–Trinajstić information content (AvgIpc) is 2.36. The molecule has 2 nitrogen and oxygen atoms in total. The first-order valence-electron chi connectivity index (χ1n) is 4.48. The van der Waals surface area contributed by atoms with Gasteiger partial charge in [0.05, 0.1) is 5.92 Å². The molecule has 2 heteroatoms. The maximum atomic E-state index is 11.1. The van der Waals surface area contributed by atoms with Crippen LogP contribution in [-0.2, 0) is 9.53 Å². The van der Waals surface area contributed by atoms with Crippen molar-refractivity contribution in [2.75, 3.05) is 0 Å². The van der Waals surface area contributed by atoms with E-state index in [1.807, 2.05) is 6.92 Å². The van der Waals surface area contributed by atoms with Crippen LogP contribution in [0.5, 0.6) is 0 Å². The first kappa shape index (κ1) is 7.14. The van der Waals surface area contributed by atoms with Crippen molar-refractivity contribution in [2.24, 2.45) is 11.8 Å². The van der Waals surface area contributed by atoms with Gasteiger partial charge in [-0.3, -0.25) is 4.79 Å². The van der Waals surface area contributed by atoms with Crippen molar-refractivity contribution in [3.8, 4) is 0 Å². The fraction of sp³-hybridized carbons (Fsp3) is 0.889. The van der Waals surface area contributed by atoms with Gasteiger partial charge in [0.25, 0.3) is 0 Å². The third-order valence-corrected chi connectivity index (χ3v) is 2.92. The second kappa shape index (κ2) is 2.50. The van der Waals surface area contributed by atoms with Gasteiger partial charge >= 0.3 is 5.97 Å². The summed E-state index contributed by atoms with van der Waals surface area (Å²) >= 11 is 0. The molecular formula is C9H14O2. The second-order valence-corrected chi connectivity index (χ2v) is 3.80. The van der Waals surface area contributed by atoms with Gasteiger partial charge in [-0.1, -0.05) is 6.92 Å². The zero-order valence-corrected chi connectivity index (χ0v) is 6.88. The molecule has 2 rings (SSSR count). The zero-order chi connectivity index (χ0) is 7.84. The molecule has 1 heterocycles. The van der Waals surface area contributed by atoms with Crippen molar-refractivity contribution >= 4 is 5.97 Å². The molecule has 0 radical (unpaired) electrons. The van der Waals surface area contributed by atoms with Crippen LogP contribution in [0.4, 0.5) is 0 Å². The van der Waals surface area contributed by atoms with Gasteiger partial charge in [-0.05, 0) is 31.6 Å². The topological polar surface area (TPSA) is 26.3 Å². The smallest absolute Gasteiger partial charge is 0.308 e. The van der Waals surface area contributed by atoms with Gasteiger partial charge in [0.1, 0.15) is 6.10 Å². The van der Waals surface area contributed by atoms with Gasteiger partial charge in [0.2, 0.25) is 0 Å². The van der Waals surface area contributed by atoms with Crippen LogP contribution in [0.2, 0.25) is 0 Å². The Morgan fingerprint density at radius 1 is 1.45 bits per heavy atom. The first-order valence-corrected chi connectivity index (χ1v) is 4.48. The molecule has 2 aliphatic rings. The van der Waals surface area contributed by atoms with Crippen molar-refractivity contribution in [1.82, 2.24) is 0 Å². The Kier molecular flexibility index (Phi) is 1.63. The first-order chi connectivity index (χ1) is 5.27. The van der Waals surface area contributed by atoms with Crippen molar-refractivity contribution in [3.63, 3.8) is 0 Å². The Morgan fingerprint density at radius 3 is 3.09 bits per heavy atom. The van der Waals surface area contributed by atoms with E-state index in [0.717, 1.165) is 12.8 Å². The Hall–Kier alpha value is -0.530. The molecule has 3 atom stereocenters. The standard InChI is InChI=1S/C9H14O2/c1-6-5-7-3-2-4-8(7)11-9(6)10/h6-8H,2-5H2,1H3/t6-,7+,8+/m0/s1. The number of carbonyl (C=O) groups is 1. The molecule has 0 unspecified atom stereocenters. The molecule has 0 aromatic rings. The predicted molar refractivity (Wildman–Crippen MR) is 41.0 cm³/mol. The lowest BCUT2D eigenvalue weighted by Crippen LogP contribution is -2.33. The van der Waals surface area contributed by atoms with Gasteiger partial charge < -0.3 is 4.74 Å². The highest BCUT2D eigenvalue weighted by Crippen LogP contribution is 2.37. The van der Waals surface area contributed by atoms with Gasteiger partial charge in [-0.2, -0.15) is 0 Å². The maximum Gasteiger partial charge on any atom is 0.308 e. The van der Waals surface area contributed by atoms with E-state index in [1.54, 1.807) is 0 Å². The van der Waals surface area contributed by atoms with Crippen LogP contribution in [-0.4, -0.2) is 12.1 Å². The van der Waals surface area contributed by atoms with E-state index >= 15 is 0 Å². The number of rotatable bonds is 0. The second-order valence-electron chi connectivity index (χ2n) is 3.80. The summed E-state index contributed by atoms with van der Waals surface area (Å²) in [5.41, 5.74) is 0. The molecule has 0 bridgehead atoms. The molecule has 11 heavy (non-hydrogen) atoms. The Balaban J connectivity index is 2.06. The number of hydrogen-bond acceptors (Lipinski definition) is 2. The highest BCUT2D eigenvalue weighted by Gasteiger charge is 2.37. The molecule has 0 amide bonds. The maximum absolute atomic E-state index is 11.1. The molecular weight excluding hydrogens is 140 g/mol. The Bertz CT molecular complexity index is 176. The molecule has 1 saturated heterocycles. The minimum atomic E-state index is 0.0214. The summed E-state index contributed by atoms with van der Waals surface area (Å²) in [6.07, 6.45) is 4.95. The van der Waals surface area contributed by atoms with E-state index in [9.17, 15) is 4.79 Å². The Morgan fingerprint density at radius 2 is 2.27 bits per heavy atom. The van der Waals surface area contributed by atoms with Crippen LogP contribution in [0, 0.1) is 11.8 Å². The van der Waals surface area contributed by atoms with Crippen LogP contribution in [0.15, 0.2) is 0 Å². The lowest BCUT2D eigenvalue weighted by molar-refractivity contribution is -0.162. The highest BCUT2D eigenvalue weighted by atomic mass is 16.5. The van der Waals surface area contributed by atoms with Crippen LogP contribution in [0.25, 0.3) is 0 Å². The van der Waals surface area contributed by atoms with Crippen molar-refractivity contribution in [1.29, 1.82) is 0 Å². The molecule has 0 spiro atoms. The third-order valence-electron chi connectivity index (χ3n) is 2.92. The molecule has 0 aromatic carbocycles. The van der Waals surface area contributed by atoms with Crippen LogP contribution < -0.4 is 0 Å². The van der Waals surface area contributed by atoms with E-state index in [4.69, 9.17) is 4.74 Å². The summed E-state index contributed by atoms with van der Waals surface area (Å²) in [7, 11) is 0. The summed E-state index contributed by atoms with van der Waals surface area (Å²) in [6, 6.07) is 0. The summed E-state index contributed by atoms with van der Waals surface area (Å²) < 4.78 is 5.28. The molecule has 0 N–H and O–H groups in total. The SMILES string of the molecule is C[C@H]1C[C@H]2CCC[C@H]2OC1=O. The quantitative estimate of drug-likeness (QED) is 0.497. The van der Waals surface area contributed by atoms with Crippen molar-refractivity contribution in [2.45, 2.75) is 38.7 Å². The van der Waals surface area contributed by atoms with Crippen LogP contribution in [0.3, 0.4) is 0 Å². The number of carbonyl (C=O) groups excluding carboxylic acids is 1. The fourth-order valence-corrected chi connectivity index (χ4v) is 2.24. The minimum Gasteiger partial charge on any atom is -0.462 e. The number of ether oxygens (including phenoxy) is 1. The molecule has 62 valence electrons. The van der Waals surface area contributed by atoms with E-state index in [-0.39, 0.29) is 18.0 Å². The zero-order valence-electron chi connectivity index (χ0n) is 6.88. The molecule has 1 saturated carbocycles. The van der Waals surface area contributed by atoms with E-state index < -0.39 is 0 Å². The molecule has 1 aliphatic carbocycles. The lowest BCUT2D eigenvalue weighted by Gasteiger charge is -2.28. The number of fused-ring (bicyclic) bond motifs is 1. The number of hydrogen-bond donors (Lipinski definition) is 0. The monoisotopic (exact) mass is 154 g/mol. The minimum absolute atomic E-state index is 0.0214. The summed E-state index contributed by atoms with van der Waals surface area (Å²) in [6.45, 7) is 1.97. The summed E-state index contributed by atoms with van der Waals surface area (Å²) in [4.78, 5) is 11.1. The van der Waals surface area contributed by atoms with Gasteiger partial charge in [-0.25, -0.2) is 0 Å². The van der Waals surface area contributed by atoms with Gasteiger partial charge in [0, 0.05) is 0 Å². The number of esters is 1. The van der Waals surface area contributed by atoms with E-state index in [1.165, 1.54) is 12.8 Å². The Labute approximate surface area is 66.9 Å². The van der Waals surface area contributed by atoms with Crippen molar-refractivity contribution in [3.05, 3.63) is 0 Å². The molecule has 0 aromatic heterocycles. The summed E-state index contributed by atoms with van der Waals surface area (Å²) in [5.74, 6) is 0.852. The summed E-state index contributed by atoms with van der Waals surface area (Å²) in [5, 5.41) is 0. The van der Waals surface area contributed by atoms with E-state index in [2.05, 4.69) is 0 Å². The van der Waals surface area contributed by atoms with Crippen LogP contribution in [0.1, 0.15) is 32.6 Å².